The Bertz CT molecular complexity index is 771. The smallest absolute Gasteiger partial charge is 0.246 e. The van der Waals surface area contributed by atoms with Gasteiger partial charge in [-0.05, 0) is 38.0 Å². The first-order valence-electron chi connectivity index (χ1n) is 9.25. The predicted molar refractivity (Wildman–Crippen MR) is 101 cm³/mol. The summed E-state index contributed by atoms with van der Waals surface area (Å²) in [5.74, 6) is 0.312. The molecule has 0 spiro atoms. The molecular weight excluding hydrogens is 370 g/mol. The number of anilines is 1. The van der Waals surface area contributed by atoms with Crippen LogP contribution >= 0.6 is 0 Å². The van der Waals surface area contributed by atoms with Crippen molar-refractivity contribution >= 4 is 21.6 Å². The van der Waals surface area contributed by atoms with Crippen LogP contribution in [0.1, 0.15) is 19.8 Å². The summed E-state index contributed by atoms with van der Waals surface area (Å²) < 4.78 is 38.0. The molecule has 0 unspecified atom stereocenters. The monoisotopic (exact) mass is 397 g/mol. The maximum atomic E-state index is 13.0. The first-order valence-corrected chi connectivity index (χ1v) is 10.7. The van der Waals surface area contributed by atoms with Crippen LogP contribution in [0, 0.1) is 0 Å². The molecule has 1 aromatic rings. The highest BCUT2D eigenvalue weighted by Crippen LogP contribution is 2.30. The van der Waals surface area contributed by atoms with E-state index < -0.39 is 16.1 Å². The van der Waals surface area contributed by atoms with Crippen LogP contribution in [0.5, 0.6) is 5.75 Å². The highest BCUT2D eigenvalue weighted by Gasteiger charge is 2.30. The molecule has 2 saturated heterocycles. The molecule has 8 nitrogen and oxygen atoms in total. The lowest BCUT2D eigenvalue weighted by atomic mass is 10.2. The van der Waals surface area contributed by atoms with Gasteiger partial charge in [0.25, 0.3) is 0 Å². The molecule has 0 radical (unpaired) electrons. The topological polar surface area (TPSA) is 88.2 Å². The minimum absolute atomic E-state index is 0.0286. The molecule has 2 aliphatic heterocycles. The zero-order valence-corrected chi connectivity index (χ0v) is 16.6. The van der Waals surface area contributed by atoms with Crippen LogP contribution < -0.4 is 10.1 Å². The van der Waals surface area contributed by atoms with Crippen molar-refractivity contribution in [3.05, 3.63) is 18.2 Å². The number of nitrogens with zero attached hydrogens (tertiary/aromatic N) is 2. The van der Waals surface area contributed by atoms with Crippen molar-refractivity contribution in [3.8, 4) is 5.75 Å². The third-order valence-corrected chi connectivity index (χ3v) is 6.84. The first-order chi connectivity index (χ1) is 12.9. The average molecular weight is 397 g/mol. The maximum Gasteiger partial charge on any atom is 0.246 e. The summed E-state index contributed by atoms with van der Waals surface area (Å²) in [5.41, 5.74) is 0.572. The summed E-state index contributed by atoms with van der Waals surface area (Å²) >= 11 is 0. The Morgan fingerprint density at radius 1 is 1.19 bits per heavy atom. The largest absolute Gasteiger partial charge is 0.495 e. The molecule has 1 atom stereocenters. The molecule has 9 heteroatoms. The van der Waals surface area contributed by atoms with E-state index >= 15 is 0 Å². The van der Waals surface area contributed by atoms with Crippen molar-refractivity contribution in [1.29, 1.82) is 0 Å². The molecule has 2 fully saturated rings. The van der Waals surface area contributed by atoms with Crippen LogP contribution in [-0.2, 0) is 19.6 Å². The second kappa shape index (κ2) is 8.45. The summed E-state index contributed by atoms with van der Waals surface area (Å²) in [7, 11) is -2.26. The third kappa shape index (κ3) is 4.36. The van der Waals surface area contributed by atoms with Crippen LogP contribution in [0.2, 0.25) is 0 Å². The first kappa shape index (κ1) is 19.9. The van der Waals surface area contributed by atoms with Gasteiger partial charge in [0.1, 0.15) is 16.7 Å². The van der Waals surface area contributed by atoms with Crippen LogP contribution in [0.25, 0.3) is 0 Å². The number of ether oxygens (including phenoxy) is 2. The normalized spacial score (nSPS) is 19.7. The van der Waals surface area contributed by atoms with Crippen LogP contribution in [0.4, 0.5) is 5.69 Å². The standard InChI is InChI=1S/C18H27N3O5S/c1-14(18(22)20-7-3-4-8-20)19-15-5-6-16(25-2)17(13-15)27(23,24)21-9-11-26-12-10-21/h5-6,13-14,19H,3-4,7-12H2,1-2H3/t14-/m1/s1. The fourth-order valence-electron chi connectivity index (χ4n) is 3.42. The van der Waals surface area contributed by atoms with Gasteiger partial charge < -0.3 is 19.7 Å². The molecule has 0 bridgehead atoms. The number of benzene rings is 1. The van der Waals surface area contributed by atoms with E-state index in [2.05, 4.69) is 5.32 Å². The number of nitrogens with one attached hydrogen (secondary N) is 1. The van der Waals surface area contributed by atoms with Crippen molar-refractivity contribution in [2.75, 3.05) is 51.8 Å². The highest BCUT2D eigenvalue weighted by atomic mass is 32.2. The lowest BCUT2D eigenvalue weighted by Gasteiger charge is -2.27. The van der Waals surface area contributed by atoms with Gasteiger partial charge >= 0.3 is 0 Å². The Morgan fingerprint density at radius 3 is 2.48 bits per heavy atom. The molecule has 0 aromatic heterocycles. The SMILES string of the molecule is COc1ccc(N[C@H](C)C(=O)N2CCCC2)cc1S(=O)(=O)N1CCOCC1. The Morgan fingerprint density at radius 2 is 1.85 bits per heavy atom. The van der Waals surface area contributed by atoms with Crippen molar-refractivity contribution < 1.29 is 22.7 Å². The molecule has 1 N–H and O–H groups in total. The number of morpholine rings is 1. The van der Waals surface area contributed by atoms with Gasteiger partial charge in [0, 0.05) is 31.9 Å². The molecule has 0 aliphatic carbocycles. The zero-order valence-electron chi connectivity index (χ0n) is 15.8. The average Bonchev–Trinajstić information content (AvgIpc) is 3.22. The Hall–Kier alpha value is -1.84. The lowest BCUT2D eigenvalue weighted by molar-refractivity contribution is -0.130. The molecular formula is C18H27N3O5S. The summed E-state index contributed by atoms with van der Waals surface area (Å²) in [5, 5.41) is 3.13. The number of sulfonamides is 1. The number of amides is 1. The van der Waals surface area contributed by atoms with Gasteiger partial charge in [-0.25, -0.2) is 8.42 Å². The van der Waals surface area contributed by atoms with E-state index in [4.69, 9.17) is 9.47 Å². The fraction of sp³-hybridized carbons (Fsp3) is 0.611. The molecule has 150 valence electrons. The van der Waals surface area contributed by atoms with Crippen molar-refractivity contribution in [1.82, 2.24) is 9.21 Å². The second-order valence-corrected chi connectivity index (χ2v) is 8.69. The van der Waals surface area contributed by atoms with E-state index in [0.717, 1.165) is 25.9 Å². The zero-order chi connectivity index (χ0) is 19.4. The highest BCUT2D eigenvalue weighted by molar-refractivity contribution is 7.89. The Kier molecular flexibility index (Phi) is 6.23. The van der Waals surface area contributed by atoms with E-state index in [-0.39, 0.29) is 16.6 Å². The Balaban J connectivity index is 1.81. The van der Waals surface area contributed by atoms with Crippen LogP contribution in [0.15, 0.2) is 23.1 Å². The number of likely N-dealkylation sites (tertiary alicyclic amines) is 1. The van der Waals surface area contributed by atoms with Crippen LogP contribution in [-0.4, -0.2) is 76.1 Å². The van der Waals surface area contributed by atoms with E-state index in [1.807, 2.05) is 4.90 Å². The number of carbonyl (C=O) groups excluding carboxylic acids is 1. The number of hydrogen-bond donors (Lipinski definition) is 1. The van der Waals surface area contributed by atoms with Crippen molar-refractivity contribution in [2.45, 2.75) is 30.7 Å². The second-order valence-electron chi connectivity index (χ2n) is 6.78. The summed E-state index contributed by atoms with van der Waals surface area (Å²) in [6.45, 7) is 4.73. The van der Waals surface area contributed by atoms with E-state index in [1.165, 1.54) is 17.5 Å². The van der Waals surface area contributed by atoms with E-state index in [1.54, 1.807) is 19.1 Å². The van der Waals surface area contributed by atoms with E-state index in [9.17, 15) is 13.2 Å². The summed E-state index contributed by atoms with van der Waals surface area (Å²) in [6, 6.07) is 4.45. The third-order valence-electron chi connectivity index (χ3n) is 4.92. The van der Waals surface area contributed by atoms with Gasteiger partial charge in [0.05, 0.1) is 20.3 Å². The van der Waals surface area contributed by atoms with Gasteiger partial charge in [-0.3, -0.25) is 4.79 Å². The van der Waals surface area contributed by atoms with Gasteiger partial charge in [0.15, 0.2) is 0 Å². The fourth-order valence-corrected chi connectivity index (χ4v) is 5.01. The molecule has 1 aromatic carbocycles. The van der Waals surface area contributed by atoms with Gasteiger partial charge in [0.2, 0.25) is 15.9 Å². The van der Waals surface area contributed by atoms with Crippen molar-refractivity contribution in [2.24, 2.45) is 0 Å². The minimum Gasteiger partial charge on any atom is -0.495 e. The Labute approximate surface area is 160 Å². The maximum absolute atomic E-state index is 13.0. The summed E-state index contributed by atoms with van der Waals surface area (Å²) in [6.07, 6.45) is 2.06. The van der Waals surface area contributed by atoms with Crippen molar-refractivity contribution in [3.63, 3.8) is 0 Å². The lowest BCUT2D eigenvalue weighted by Crippen LogP contribution is -2.41. The van der Waals surface area contributed by atoms with Gasteiger partial charge in [-0.1, -0.05) is 0 Å². The summed E-state index contributed by atoms with van der Waals surface area (Å²) in [4.78, 5) is 14.4. The molecule has 0 saturated carbocycles. The molecule has 2 aliphatic rings. The molecule has 1 amide bonds. The molecule has 2 heterocycles. The molecule has 27 heavy (non-hydrogen) atoms. The van der Waals surface area contributed by atoms with Gasteiger partial charge in [-0.15, -0.1) is 0 Å². The van der Waals surface area contributed by atoms with Gasteiger partial charge in [-0.2, -0.15) is 4.31 Å². The van der Waals surface area contributed by atoms with Crippen LogP contribution in [0.3, 0.4) is 0 Å². The number of carbonyl (C=O) groups is 1. The minimum atomic E-state index is -3.71. The predicted octanol–water partition coefficient (Wildman–Crippen LogP) is 1.14. The van der Waals surface area contributed by atoms with E-state index in [0.29, 0.717) is 32.0 Å². The number of hydrogen-bond acceptors (Lipinski definition) is 6. The quantitative estimate of drug-likeness (QED) is 0.774. The number of rotatable bonds is 6. The molecule has 3 rings (SSSR count). The number of methoxy groups -OCH3 is 1.